The summed E-state index contributed by atoms with van der Waals surface area (Å²) in [7, 11) is -1.50. The number of carbonyl (C=O) groups excluding carboxylic acids is 1. The Labute approximate surface area is 137 Å². The van der Waals surface area contributed by atoms with Gasteiger partial charge in [-0.05, 0) is 19.3 Å². The number of rotatable bonds is 4. The maximum atomic E-state index is 12.5. The number of carbonyl (C=O) groups is 1. The number of sulfonamides is 1. The molecule has 0 saturated carbocycles. The Morgan fingerprint density at radius 2 is 2.13 bits per heavy atom. The second-order valence-electron chi connectivity index (χ2n) is 5.41. The van der Waals surface area contributed by atoms with E-state index in [0.29, 0.717) is 0 Å². The number of amides is 1. The van der Waals surface area contributed by atoms with Crippen LogP contribution < -0.4 is 10.0 Å². The first-order valence-electron chi connectivity index (χ1n) is 6.96. The highest BCUT2D eigenvalue weighted by Crippen LogP contribution is 2.31. The Morgan fingerprint density at radius 3 is 2.87 bits per heavy atom. The predicted molar refractivity (Wildman–Crippen MR) is 85.9 cm³/mol. The van der Waals surface area contributed by atoms with Gasteiger partial charge in [0, 0.05) is 12.7 Å². The normalized spacial score (nSPS) is 17.6. The zero-order chi connectivity index (χ0) is 16.6. The molecule has 2 aromatic rings. The molecule has 9 nitrogen and oxygen atoms in total. The maximum Gasteiger partial charge on any atom is 0.235 e. The van der Waals surface area contributed by atoms with Gasteiger partial charge < -0.3 is 4.57 Å². The SMILES string of the molecule is Cn1cnc2c1CCCC2C(=O)Nc1nnc(NS(C)(=O)=O)s1. The summed E-state index contributed by atoms with van der Waals surface area (Å²) in [5.74, 6) is -0.526. The third-order valence-electron chi connectivity index (χ3n) is 3.57. The lowest BCUT2D eigenvalue weighted by Crippen LogP contribution is -2.25. The van der Waals surface area contributed by atoms with Crippen LogP contribution in [0.4, 0.5) is 10.3 Å². The van der Waals surface area contributed by atoms with Crippen LogP contribution >= 0.6 is 11.3 Å². The monoisotopic (exact) mass is 356 g/mol. The molecule has 1 aliphatic rings. The molecular weight excluding hydrogens is 340 g/mol. The van der Waals surface area contributed by atoms with Gasteiger partial charge in [0.05, 0.1) is 24.2 Å². The van der Waals surface area contributed by atoms with Crippen LogP contribution in [0, 0.1) is 0 Å². The molecule has 0 fully saturated rings. The minimum Gasteiger partial charge on any atom is -0.337 e. The average Bonchev–Trinajstić information content (AvgIpc) is 3.04. The lowest BCUT2D eigenvalue weighted by molar-refractivity contribution is -0.118. The molecule has 2 heterocycles. The van der Waals surface area contributed by atoms with E-state index in [9.17, 15) is 13.2 Å². The van der Waals surface area contributed by atoms with Gasteiger partial charge in [-0.2, -0.15) is 0 Å². The van der Waals surface area contributed by atoms with Crippen LogP contribution in [0.25, 0.3) is 0 Å². The van der Waals surface area contributed by atoms with Gasteiger partial charge in [-0.1, -0.05) is 11.3 Å². The van der Waals surface area contributed by atoms with Gasteiger partial charge in [-0.25, -0.2) is 13.4 Å². The summed E-state index contributed by atoms with van der Waals surface area (Å²) >= 11 is 0.969. The van der Waals surface area contributed by atoms with Crippen molar-refractivity contribution in [2.75, 3.05) is 16.3 Å². The van der Waals surface area contributed by atoms with Crippen molar-refractivity contribution < 1.29 is 13.2 Å². The first-order chi connectivity index (χ1) is 10.8. The number of aryl methyl sites for hydroxylation is 1. The van der Waals surface area contributed by atoms with Crippen molar-refractivity contribution in [3.05, 3.63) is 17.7 Å². The van der Waals surface area contributed by atoms with Crippen LogP contribution in [0.1, 0.15) is 30.1 Å². The lowest BCUT2D eigenvalue weighted by Gasteiger charge is -2.20. The fourth-order valence-corrected chi connectivity index (χ4v) is 4.08. The number of hydrogen-bond acceptors (Lipinski definition) is 7. The number of nitrogens with one attached hydrogen (secondary N) is 2. The number of anilines is 2. The van der Waals surface area contributed by atoms with E-state index in [0.717, 1.165) is 48.2 Å². The Morgan fingerprint density at radius 1 is 1.39 bits per heavy atom. The summed E-state index contributed by atoms with van der Waals surface area (Å²) in [5, 5.41) is 10.5. The quantitative estimate of drug-likeness (QED) is 0.832. The highest BCUT2D eigenvalue weighted by Gasteiger charge is 2.30. The Balaban J connectivity index is 1.73. The van der Waals surface area contributed by atoms with Crippen molar-refractivity contribution in [2.45, 2.75) is 25.2 Å². The van der Waals surface area contributed by atoms with Crippen LogP contribution in [-0.4, -0.2) is 40.3 Å². The highest BCUT2D eigenvalue weighted by atomic mass is 32.2. The van der Waals surface area contributed by atoms with Crippen LogP contribution in [-0.2, 0) is 28.3 Å². The molecule has 0 aliphatic heterocycles. The molecule has 0 bridgehead atoms. The summed E-state index contributed by atoms with van der Waals surface area (Å²) in [4.78, 5) is 16.8. The van der Waals surface area contributed by atoms with Crippen LogP contribution in [0.2, 0.25) is 0 Å². The van der Waals surface area contributed by atoms with Gasteiger partial charge in [0.25, 0.3) is 0 Å². The molecule has 11 heteroatoms. The van der Waals surface area contributed by atoms with Crippen LogP contribution in [0.5, 0.6) is 0 Å². The fourth-order valence-electron chi connectivity index (χ4n) is 2.60. The first-order valence-corrected chi connectivity index (χ1v) is 9.66. The zero-order valence-electron chi connectivity index (χ0n) is 12.6. The molecule has 1 atom stereocenters. The molecule has 0 radical (unpaired) electrons. The van der Waals surface area contributed by atoms with Crippen molar-refractivity contribution in [3.8, 4) is 0 Å². The molecule has 23 heavy (non-hydrogen) atoms. The average molecular weight is 356 g/mol. The molecule has 2 aromatic heterocycles. The summed E-state index contributed by atoms with van der Waals surface area (Å²) in [6, 6.07) is 0. The van der Waals surface area contributed by atoms with E-state index in [1.807, 2.05) is 11.6 Å². The Hall–Kier alpha value is -2.01. The second-order valence-corrected chi connectivity index (χ2v) is 8.13. The molecule has 124 valence electrons. The number of aromatic nitrogens is 4. The third-order valence-corrected chi connectivity index (χ3v) is 5.02. The Kier molecular flexibility index (Phi) is 4.06. The molecule has 0 aromatic carbocycles. The van der Waals surface area contributed by atoms with Gasteiger partial charge in [0.15, 0.2) is 0 Å². The van der Waals surface area contributed by atoms with Crippen LogP contribution in [0.15, 0.2) is 6.33 Å². The molecule has 1 unspecified atom stereocenters. The van der Waals surface area contributed by atoms with Crippen molar-refractivity contribution in [1.29, 1.82) is 0 Å². The number of fused-ring (bicyclic) bond motifs is 1. The van der Waals surface area contributed by atoms with Crippen LogP contribution in [0.3, 0.4) is 0 Å². The van der Waals surface area contributed by atoms with E-state index in [-0.39, 0.29) is 22.1 Å². The minimum absolute atomic E-state index is 0.116. The van der Waals surface area contributed by atoms with E-state index in [1.54, 1.807) is 6.33 Å². The molecule has 2 N–H and O–H groups in total. The molecule has 0 spiro atoms. The molecular formula is C12H16N6O3S2. The second kappa shape index (κ2) is 5.89. The zero-order valence-corrected chi connectivity index (χ0v) is 14.2. The van der Waals surface area contributed by atoms with Gasteiger partial charge >= 0.3 is 0 Å². The molecule has 3 rings (SSSR count). The third kappa shape index (κ3) is 3.50. The van der Waals surface area contributed by atoms with E-state index in [1.165, 1.54) is 0 Å². The van der Waals surface area contributed by atoms with Crippen molar-refractivity contribution >= 4 is 37.5 Å². The summed E-state index contributed by atoms with van der Waals surface area (Å²) in [6.07, 6.45) is 5.30. The van der Waals surface area contributed by atoms with E-state index >= 15 is 0 Å². The summed E-state index contributed by atoms with van der Waals surface area (Å²) < 4.78 is 26.5. The smallest absolute Gasteiger partial charge is 0.235 e. The van der Waals surface area contributed by atoms with E-state index in [2.05, 4.69) is 25.2 Å². The van der Waals surface area contributed by atoms with E-state index < -0.39 is 10.0 Å². The highest BCUT2D eigenvalue weighted by molar-refractivity contribution is 7.92. The van der Waals surface area contributed by atoms with Gasteiger partial charge in [0.2, 0.25) is 26.2 Å². The molecule has 1 amide bonds. The number of hydrogen-bond donors (Lipinski definition) is 2. The van der Waals surface area contributed by atoms with Crippen molar-refractivity contribution in [1.82, 2.24) is 19.7 Å². The van der Waals surface area contributed by atoms with Gasteiger partial charge in [-0.3, -0.25) is 14.8 Å². The fraction of sp³-hybridized carbons (Fsp3) is 0.500. The first kappa shape index (κ1) is 15.9. The van der Waals surface area contributed by atoms with E-state index in [4.69, 9.17) is 0 Å². The maximum absolute atomic E-state index is 12.5. The van der Waals surface area contributed by atoms with Gasteiger partial charge in [-0.15, -0.1) is 10.2 Å². The Bertz CT molecular complexity index is 841. The lowest BCUT2D eigenvalue weighted by atomic mass is 9.89. The summed E-state index contributed by atoms with van der Waals surface area (Å²) in [6.45, 7) is 0. The number of imidazole rings is 1. The van der Waals surface area contributed by atoms with Gasteiger partial charge in [0.1, 0.15) is 0 Å². The largest absolute Gasteiger partial charge is 0.337 e. The van der Waals surface area contributed by atoms with Crippen molar-refractivity contribution in [3.63, 3.8) is 0 Å². The predicted octanol–water partition coefficient (Wildman–Crippen LogP) is 0.702. The summed E-state index contributed by atoms with van der Waals surface area (Å²) in [5.41, 5.74) is 1.88. The molecule has 1 aliphatic carbocycles. The minimum atomic E-state index is -3.42. The molecule has 0 saturated heterocycles. The standard InChI is InChI=1S/C12H16N6O3S2/c1-18-6-13-9-7(4-3-5-8(9)18)10(19)14-11-15-16-12(22-11)17-23(2,20)21/h6-7H,3-5H2,1-2H3,(H,16,17)(H,14,15,19). The topological polar surface area (TPSA) is 119 Å². The van der Waals surface area contributed by atoms with Crippen molar-refractivity contribution in [2.24, 2.45) is 7.05 Å². The number of nitrogens with zero attached hydrogens (tertiary/aromatic N) is 4.